The molecule has 0 aliphatic rings. The Labute approximate surface area is 111 Å². The van der Waals surface area contributed by atoms with E-state index in [0.717, 1.165) is 10.9 Å². The third kappa shape index (κ3) is 5.06. The maximum absolute atomic E-state index is 9.19. The predicted octanol–water partition coefficient (Wildman–Crippen LogP) is 1.15. The molecule has 0 atom stereocenters. The number of rotatable bonds is 2. The summed E-state index contributed by atoms with van der Waals surface area (Å²) in [4.78, 5) is 8.27. The van der Waals surface area contributed by atoms with Gasteiger partial charge in [-0.25, -0.2) is 0 Å². The van der Waals surface area contributed by atoms with Crippen molar-refractivity contribution in [3.63, 3.8) is 0 Å². The van der Waals surface area contributed by atoms with Gasteiger partial charge in [0, 0.05) is 0 Å². The normalized spacial score (nSPS) is 10.5. The fourth-order valence-electron chi connectivity index (χ4n) is 1.27. The average molecular weight is 286 g/mol. The molecular weight excluding hydrogens is 272 g/mol. The lowest BCUT2D eigenvalue weighted by Gasteiger charge is -2.05. The number of methoxy groups -OCH3 is 2. The number of fused-ring (bicyclic) bond motifs is 1. The van der Waals surface area contributed by atoms with E-state index in [0.29, 0.717) is 18.1 Å². The quantitative estimate of drug-likeness (QED) is 0.827. The number of aromatic nitrogens is 2. The Hall–Kier alpha value is -1.93. The lowest BCUT2D eigenvalue weighted by molar-refractivity contribution is 0.357. The first-order valence-electron chi connectivity index (χ1n) is 5.12. The smallest absolute Gasteiger partial charge is 0.320 e. The van der Waals surface area contributed by atoms with E-state index in [1.54, 1.807) is 7.11 Å². The van der Waals surface area contributed by atoms with Gasteiger partial charge in [-0.15, -0.1) is 0 Å². The van der Waals surface area contributed by atoms with E-state index >= 15 is 0 Å². The van der Waals surface area contributed by atoms with Crippen LogP contribution in [0, 0.1) is 0 Å². The standard InChI is InChI=1S/C10H10N2O2.CH4O3S/c1-13-9-7-5-3-4-6-8(7)11-10(12-9)14-2;1-5(2,3)4/h3-6H,1-2H3;1H3,(H,2,3,4). The molecule has 1 aromatic carbocycles. The maximum Gasteiger partial charge on any atom is 0.320 e. The zero-order chi connectivity index (χ0) is 14.5. The molecular formula is C11H14N2O5S. The summed E-state index contributed by atoms with van der Waals surface area (Å²) in [5, 5.41) is 0.885. The summed E-state index contributed by atoms with van der Waals surface area (Å²) in [7, 11) is -0.558. The predicted molar refractivity (Wildman–Crippen MR) is 70.1 cm³/mol. The summed E-state index contributed by atoms with van der Waals surface area (Å²) in [6.07, 6.45) is 0.715. The van der Waals surface area contributed by atoms with Gasteiger partial charge < -0.3 is 9.47 Å². The zero-order valence-electron chi connectivity index (χ0n) is 10.7. The van der Waals surface area contributed by atoms with Gasteiger partial charge in [-0.3, -0.25) is 4.55 Å². The van der Waals surface area contributed by atoms with E-state index < -0.39 is 10.1 Å². The first-order valence-corrected chi connectivity index (χ1v) is 6.97. The van der Waals surface area contributed by atoms with Crippen LogP contribution in [0.15, 0.2) is 24.3 Å². The second-order valence-electron chi connectivity index (χ2n) is 3.47. The van der Waals surface area contributed by atoms with Crippen molar-refractivity contribution in [3.05, 3.63) is 24.3 Å². The highest BCUT2D eigenvalue weighted by Gasteiger charge is 2.06. The molecule has 2 aromatic rings. The number of hydrogen-bond donors (Lipinski definition) is 1. The lowest BCUT2D eigenvalue weighted by atomic mass is 10.2. The molecule has 0 aliphatic carbocycles. The topological polar surface area (TPSA) is 98.6 Å². The fraction of sp³-hybridized carbons (Fsp3) is 0.273. The van der Waals surface area contributed by atoms with Gasteiger partial charge in [0.15, 0.2) is 0 Å². The summed E-state index contributed by atoms with van der Waals surface area (Å²) in [6, 6.07) is 7.95. The summed E-state index contributed by atoms with van der Waals surface area (Å²) < 4.78 is 36.0. The van der Waals surface area contributed by atoms with Crippen LogP contribution in [0.4, 0.5) is 0 Å². The van der Waals surface area contributed by atoms with E-state index in [1.165, 1.54) is 7.11 Å². The highest BCUT2D eigenvalue weighted by atomic mass is 32.2. The van der Waals surface area contributed by atoms with Crippen molar-refractivity contribution in [1.82, 2.24) is 9.97 Å². The molecule has 1 aromatic heterocycles. The number of para-hydroxylation sites is 1. The Morgan fingerprint density at radius 3 is 2.21 bits per heavy atom. The molecule has 1 N–H and O–H groups in total. The van der Waals surface area contributed by atoms with Crippen molar-refractivity contribution in [1.29, 1.82) is 0 Å². The molecule has 1 heterocycles. The summed E-state index contributed by atoms with van der Waals surface area (Å²) >= 11 is 0. The summed E-state index contributed by atoms with van der Waals surface area (Å²) in [5.74, 6) is 0.535. The second-order valence-corrected chi connectivity index (χ2v) is 4.94. The minimum Gasteiger partial charge on any atom is -0.480 e. The number of nitrogens with zero attached hydrogens (tertiary/aromatic N) is 2. The first kappa shape index (κ1) is 15.1. The average Bonchev–Trinajstić information content (AvgIpc) is 2.35. The van der Waals surface area contributed by atoms with Crippen molar-refractivity contribution >= 4 is 21.0 Å². The maximum atomic E-state index is 9.19. The van der Waals surface area contributed by atoms with Gasteiger partial charge >= 0.3 is 6.01 Å². The molecule has 0 amide bonds. The molecule has 0 unspecified atom stereocenters. The third-order valence-electron chi connectivity index (χ3n) is 1.92. The molecule has 0 bridgehead atoms. The van der Waals surface area contributed by atoms with Gasteiger partial charge in [-0.2, -0.15) is 18.4 Å². The van der Waals surface area contributed by atoms with Crippen molar-refractivity contribution in [3.8, 4) is 11.9 Å². The molecule has 0 spiro atoms. The Bertz CT molecular complexity index is 649. The van der Waals surface area contributed by atoms with Gasteiger partial charge in [-0.1, -0.05) is 12.1 Å². The van der Waals surface area contributed by atoms with E-state index in [9.17, 15) is 8.42 Å². The molecule has 0 radical (unpaired) electrons. The second kappa shape index (κ2) is 6.30. The van der Waals surface area contributed by atoms with E-state index in [-0.39, 0.29) is 0 Å². The molecule has 8 heteroatoms. The van der Waals surface area contributed by atoms with Crippen LogP contribution in [-0.4, -0.2) is 43.4 Å². The minimum absolute atomic E-state index is 0.320. The molecule has 2 rings (SSSR count). The molecule has 19 heavy (non-hydrogen) atoms. The van der Waals surface area contributed by atoms with Crippen LogP contribution in [0.2, 0.25) is 0 Å². The van der Waals surface area contributed by atoms with Crippen LogP contribution in [0.3, 0.4) is 0 Å². The zero-order valence-corrected chi connectivity index (χ0v) is 11.5. The van der Waals surface area contributed by atoms with Gasteiger partial charge in [0.25, 0.3) is 10.1 Å². The van der Waals surface area contributed by atoms with Crippen LogP contribution >= 0.6 is 0 Å². The molecule has 104 valence electrons. The monoisotopic (exact) mass is 286 g/mol. The minimum atomic E-state index is -3.67. The first-order chi connectivity index (χ1) is 8.85. The van der Waals surface area contributed by atoms with E-state index in [1.807, 2.05) is 24.3 Å². The van der Waals surface area contributed by atoms with E-state index in [4.69, 9.17) is 14.0 Å². The Morgan fingerprint density at radius 1 is 1.11 bits per heavy atom. The third-order valence-corrected chi connectivity index (χ3v) is 1.92. The molecule has 0 aliphatic heterocycles. The van der Waals surface area contributed by atoms with Crippen LogP contribution in [0.25, 0.3) is 10.9 Å². The Balaban J connectivity index is 0.000000312. The molecule has 0 saturated carbocycles. The highest BCUT2D eigenvalue weighted by Crippen LogP contribution is 2.23. The number of benzene rings is 1. The van der Waals surface area contributed by atoms with Gasteiger partial charge in [0.05, 0.1) is 31.4 Å². The summed E-state index contributed by atoms with van der Waals surface area (Å²) in [5.41, 5.74) is 0.816. The summed E-state index contributed by atoms with van der Waals surface area (Å²) in [6.45, 7) is 0. The van der Waals surface area contributed by atoms with Gasteiger partial charge in [0.2, 0.25) is 5.88 Å². The van der Waals surface area contributed by atoms with Crippen LogP contribution in [0.5, 0.6) is 11.9 Å². The number of hydrogen-bond acceptors (Lipinski definition) is 6. The van der Waals surface area contributed by atoms with Crippen molar-refractivity contribution in [2.45, 2.75) is 0 Å². The van der Waals surface area contributed by atoms with Gasteiger partial charge in [0.1, 0.15) is 0 Å². The molecule has 7 nitrogen and oxygen atoms in total. The van der Waals surface area contributed by atoms with Crippen molar-refractivity contribution in [2.75, 3.05) is 20.5 Å². The Kier molecular flexibility index (Phi) is 5.02. The fourth-order valence-corrected chi connectivity index (χ4v) is 1.27. The van der Waals surface area contributed by atoms with Crippen molar-refractivity contribution in [2.24, 2.45) is 0 Å². The molecule has 0 saturated heterocycles. The van der Waals surface area contributed by atoms with Gasteiger partial charge in [-0.05, 0) is 12.1 Å². The lowest BCUT2D eigenvalue weighted by Crippen LogP contribution is -1.96. The Morgan fingerprint density at radius 2 is 1.68 bits per heavy atom. The SMILES string of the molecule is COc1nc(OC)c2ccccc2n1.CS(=O)(=O)O. The largest absolute Gasteiger partial charge is 0.480 e. The number of ether oxygens (including phenoxy) is 2. The van der Waals surface area contributed by atoms with Crippen LogP contribution in [-0.2, 0) is 10.1 Å². The van der Waals surface area contributed by atoms with Crippen LogP contribution < -0.4 is 9.47 Å². The van der Waals surface area contributed by atoms with E-state index in [2.05, 4.69) is 9.97 Å². The molecule has 0 fully saturated rings. The van der Waals surface area contributed by atoms with Crippen LogP contribution in [0.1, 0.15) is 0 Å². The van der Waals surface area contributed by atoms with Crippen molar-refractivity contribution < 1.29 is 22.4 Å². The highest BCUT2D eigenvalue weighted by molar-refractivity contribution is 7.85.